The maximum atomic E-state index is 13.2. The quantitative estimate of drug-likeness (QED) is 0.737. The lowest BCUT2D eigenvalue weighted by Crippen LogP contribution is -2.24. The Labute approximate surface area is 128 Å². The van der Waals surface area contributed by atoms with Gasteiger partial charge in [-0.2, -0.15) is 0 Å². The summed E-state index contributed by atoms with van der Waals surface area (Å²) in [5.41, 5.74) is 6.01. The molecule has 0 bridgehead atoms. The fraction of sp³-hybridized carbons (Fsp3) is 0.0625. The van der Waals surface area contributed by atoms with Crippen LogP contribution in [0.1, 0.15) is 15.9 Å². The molecule has 0 radical (unpaired) electrons. The number of oxazole rings is 1. The second-order valence-electron chi connectivity index (χ2n) is 4.94. The van der Waals surface area contributed by atoms with E-state index in [0.29, 0.717) is 5.52 Å². The minimum Gasteiger partial charge on any atom is -0.408 e. The first-order chi connectivity index (χ1) is 11.0. The van der Waals surface area contributed by atoms with Crippen LogP contribution in [0.15, 0.2) is 51.7 Å². The molecule has 6 nitrogen and oxygen atoms in total. The first-order valence-electron chi connectivity index (χ1n) is 6.67. The van der Waals surface area contributed by atoms with Gasteiger partial charge in [0.25, 0.3) is 0 Å². The number of carbonyl (C=O) groups excluding carboxylic acids is 2. The Morgan fingerprint density at radius 2 is 1.87 bits per heavy atom. The van der Waals surface area contributed by atoms with Crippen LogP contribution in [-0.2, 0) is 11.3 Å². The third kappa shape index (κ3) is 2.76. The number of halogens is 1. The molecular weight excluding hydrogens is 303 g/mol. The summed E-state index contributed by atoms with van der Waals surface area (Å²) in [7, 11) is 0. The van der Waals surface area contributed by atoms with Crippen LogP contribution in [0.4, 0.5) is 4.39 Å². The third-order valence-electron chi connectivity index (χ3n) is 3.33. The smallest absolute Gasteiger partial charge is 0.408 e. The number of rotatable bonds is 4. The zero-order valence-corrected chi connectivity index (χ0v) is 11.8. The summed E-state index contributed by atoms with van der Waals surface area (Å²) in [6.07, 6.45) is 0. The molecule has 1 aromatic heterocycles. The number of nitrogens with zero attached hydrogens (tertiary/aromatic N) is 1. The lowest BCUT2D eigenvalue weighted by atomic mass is 10.0. The summed E-state index contributed by atoms with van der Waals surface area (Å²) in [6.45, 7) is -0.316. The van der Waals surface area contributed by atoms with Crippen molar-refractivity contribution in [3.8, 4) is 0 Å². The van der Waals surface area contributed by atoms with Crippen molar-refractivity contribution in [3.63, 3.8) is 0 Å². The number of amides is 1. The monoisotopic (exact) mass is 314 g/mol. The van der Waals surface area contributed by atoms with Crippen LogP contribution >= 0.6 is 0 Å². The molecule has 1 amide bonds. The van der Waals surface area contributed by atoms with Crippen LogP contribution in [0.25, 0.3) is 11.1 Å². The Hall–Kier alpha value is -3.22. The van der Waals surface area contributed by atoms with Gasteiger partial charge in [0.05, 0.1) is 5.52 Å². The topological polar surface area (TPSA) is 95.3 Å². The summed E-state index contributed by atoms with van der Waals surface area (Å²) >= 11 is 0. The number of primary amides is 1. The first-order valence-corrected chi connectivity index (χ1v) is 6.67. The SMILES string of the molecule is NC(=O)Cn1c(=O)oc2cc(C(=O)c3cccc(F)c3)ccc21. The van der Waals surface area contributed by atoms with Gasteiger partial charge in [-0.05, 0) is 30.3 Å². The molecule has 116 valence electrons. The Balaban J connectivity index is 2.06. The van der Waals surface area contributed by atoms with Gasteiger partial charge in [-0.15, -0.1) is 0 Å². The number of benzene rings is 2. The second-order valence-corrected chi connectivity index (χ2v) is 4.94. The van der Waals surface area contributed by atoms with E-state index >= 15 is 0 Å². The van der Waals surface area contributed by atoms with Crippen LogP contribution in [-0.4, -0.2) is 16.3 Å². The molecule has 0 aliphatic carbocycles. The average Bonchev–Trinajstić information content (AvgIpc) is 2.81. The molecule has 2 aromatic carbocycles. The van der Waals surface area contributed by atoms with E-state index in [-0.39, 0.29) is 23.3 Å². The highest BCUT2D eigenvalue weighted by molar-refractivity contribution is 6.10. The average molecular weight is 314 g/mol. The Kier molecular flexibility index (Phi) is 3.53. The van der Waals surface area contributed by atoms with Crippen LogP contribution in [0.5, 0.6) is 0 Å². The fourth-order valence-corrected chi connectivity index (χ4v) is 2.31. The summed E-state index contributed by atoms with van der Waals surface area (Å²) in [5, 5.41) is 0. The molecule has 0 fully saturated rings. The number of fused-ring (bicyclic) bond motifs is 1. The van der Waals surface area contributed by atoms with Crippen molar-refractivity contribution < 1.29 is 18.4 Å². The first kappa shape index (κ1) is 14.7. The van der Waals surface area contributed by atoms with Gasteiger partial charge in [-0.3, -0.25) is 14.2 Å². The molecule has 0 aliphatic rings. The molecule has 3 aromatic rings. The number of hydrogen-bond acceptors (Lipinski definition) is 4. The summed E-state index contributed by atoms with van der Waals surface area (Å²) < 4.78 is 19.3. The Morgan fingerprint density at radius 3 is 2.57 bits per heavy atom. The normalized spacial score (nSPS) is 10.8. The Morgan fingerprint density at radius 1 is 1.13 bits per heavy atom. The summed E-state index contributed by atoms with van der Waals surface area (Å²) in [4.78, 5) is 35.1. The van der Waals surface area contributed by atoms with Crippen LogP contribution in [0.2, 0.25) is 0 Å². The van der Waals surface area contributed by atoms with E-state index in [1.54, 1.807) is 0 Å². The summed E-state index contributed by atoms with van der Waals surface area (Å²) in [5.74, 6) is -2.35. The van der Waals surface area contributed by atoms with Crippen LogP contribution in [0.3, 0.4) is 0 Å². The van der Waals surface area contributed by atoms with Crippen molar-refractivity contribution >= 4 is 22.8 Å². The molecule has 1 heterocycles. The molecule has 2 N–H and O–H groups in total. The minimum absolute atomic E-state index is 0.151. The Bertz CT molecular complexity index is 987. The zero-order chi connectivity index (χ0) is 16.6. The van der Waals surface area contributed by atoms with Crippen molar-refractivity contribution in [1.29, 1.82) is 0 Å². The number of ketones is 1. The molecule has 23 heavy (non-hydrogen) atoms. The van der Waals surface area contributed by atoms with Gasteiger partial charge < -0.3 is 10.2 Å². The van der Waals surface area contributed by atoms with E-state index < -0.39 is 23.3 Å². The number of aromatic nitrogens is 1. The van der Waals surface area contributed by atoms with Gasteiger partial charge in [0.15, 0.2) is 11.4 Å². The highest BCUT2D eigenvalue weighted by atomic mass is 19.1. The number of carbonyl (C=O) groups is 2. The van der Waals surface area contributed by atoms with E-state index in [0.717, 1.165) is 10.6 Å². The van der Waals surface area contributed by atoms with Gasteiger partial charge in [0.2, 0.25) is 5.91 Å². The van der Waals surface area contributed by atoms with Crippen molar-refractivity contribution in [3.05, 3.63) is 70.0 Å². The highest BCUT2D eigenvalue weighted by Gasteiger charge is 2.15. The van der Waals surface area contributed by atoms with Gasteiger partial charge in [-0.1, -0.05) is 12.1 Å². The largest absolute Gasteiger partial charge is 0.420 e. The zero-order valence-electron chi connectivity index (χ0n) is 11.8. The van der Waals surface area contributed by atoms with Gasteiger partial charge in [-0.25, -0.2) is 9.18 Å². The van der Waals surface area contributed by atoms with Crippen LogP contribution < -0.4 is 11.5 Å². The predicted octanol–water partition coefficient (Wildman–Crippen LogP) is 1.45. The second kappa shape index (κ2) is 5.53. The molecular formula is C16H11FN2O4. The highest BCUT2D eigenvalue weighted by Crippen LogP contribution is 2.18. The third-order valence-corrected chi connectivity index (χ3v) is 3.33. The van der Waals surface area contributed by atoms with Crippen molar-refractivity contribution in [2.45, 2.75) is 6.54 Å². The van der Waals surface area contributed by atoms with E-state index in [1.807, 2.05) is 0 Å². The van der Waals surface area contributed by atoms with E-state index in [1.165, 1.54) is 36.4 Å². The number of hydrogen-bond donors (Lipinski definition) is 1. The van der Waals surface area contributed by atoms with Crippen molar-refractivity contribution in [1.82, 2.24) is 4.57 Å². The maximum absolute atomic E-state index is 13.2. The van der Waals surface area contributed by atoms with Crippen molar-refractivity contribution in [2.75, 3.05) is 0 Å². The molecule has 0 saturated heterocycles. The standard InChI is InChI=1S/C16H11FN2O4/c17-11-3-1-2-9(6-11)15(21)10-4-5-12-13(7-10)23-16(22)19(12)8-14(18)20/h1-7H,8H2,(H2,18,20). The number of nitrogens with two attached hydrogens (primary N) is 1. The maximum Gasteiger partial charge on any atom is 0.420 e. The van der Waals surface area contributed by atoms with Gasteiger partial charge >= 0.3 is 5.76 Å². The van der Waals surface area contributed by atoms with Gasteiger partial charge in [0.1, 0.15) is 12.4 Å². The fourth-order valence-electron chi connectivity index (χ4n) is 2.31. The molecule has 0 unspecified atom stereocenters. The van der Waals surface area contributed by atoms with E-state index in [4.69, 9.17) is 10.2 Å². The van der Waals surface area contributed by atoms with Crippen molar-refractivity contribution in [2.24, 2.45) is 5.73 Å². The van der Waals surface area contributed by atoms with Gasteiger partial charge in [0, 0.05) is 11.1 Å². The molecule has 3 rings (SSSR count). The molecule has 0 aliphatic heterocycles. The lowest BCUT2D eigenvalue weighted by molar-refractivity contribution is -0.118. The molecule has 0 spiro atoms. The van der Waals surface area contributed by atoms with E-state index in [9.17, 15) is 18.8 Å². The predicted molar refractivity (Wildman–Crippen MR) is 79.5 cm³/mol. The minimum atomic E-state index is -0.742. The van der Waals surface area contributed by atoms with E-state index in [2.05, 4.69) is 0 Å². The summed E-state index contributed by atoms with van der Waals surface area (Å²) in [6, 6.07) is 9.62. The molecule has 0 atom stereocenters. The molecule has 0 saturated carbocycles. The van der Waals surface area contributed by atoms with Crippen LogP contribution in [0, 0.1) is 5.82 Å². The lowest BCUT2D eigenvalue weighted by Gasteiger charge is -2.02. The molecule has 7 heteroatoms.